The molecule has 0 bridgehead atoms. The van der Waals surface area contributed by atoms with E-state index in [9.17, 15) is 5.11 Å². The molecular weight excluding hydrogens is 216 g/mol. The lowest BCUT2D eigenvalue weighted by atomic mass is 9.83. The first-order valence-corrected chi connectivity index (χ1v) is 6.97. The van der Waals surface area contributed by atoms with E-state index in [0.29, 0.717) is 11.0 Å². The highest BCUT2D eigenvalue weighted by molar-refractivity contribution is 8.00. The molecule has 1 saturated carbocycles. The van der Waals surface area contributed by atoms with E-state index in [-0.39, 0.29) is 0 Å². The maximum atomic E-state index is 9.75. The van der Waals surface area contributed by atoms with Crippen LogP contribution in [0.25, 0.3) is 0 Å². The van der Waals surface area contributed by atoms with Crippen LogP contribution in [0.5, 0.6) is 5.75 Å². The second-order valence-corrected chi connectivity index (χ2v) is 6.47. The summed E-state index contributed by atoms with van der Waals surface area (Å²) >= 11 is 1.85. The summed E-state index contributed by atoms with van der Waals surface area (Å²) in [4.78, 5) is 1.04. The molecule has 0 aromatic heterocycles. The smallest absolute Gasteiger partial charge is 0.129 e. The van der Waals surface area contributed by atoms with E-state index in [2.05, 4.69) is 13.8 Å². The molecule has 2 atom stereocenters. The summed E-state index contributed by atoms with van der Waals surface area (Å²) in [5.74, 6) is 2.08. The minimum atomic E-state index is 0.429. The van der Waals surface area contributed by atoms with Crippen LogP contribution >= 0.6 is 11.8 Å². The number of phenols is 1. The van der Waals surface area contributed by atoms with Crippen LogP contribution < -0.4 is 0 Å². The van der Waals surface area contributed by atoms with Gasteiger partial charge in [-0.3, -0.25) is 0 Å². The fourth-order valence-electron chi connectivity index (χ4n) is 2.71. The first-order valence-electron chi connectivity index (χ1n) is 6.09. The van der Waals surface area contributed by atoms with Crippen LogP contribution in [0.4, 0.5) is 0 Å². The van der Waals surface area contributed by atoms with Gasteiger partial charge >= 0.3 is 0 Å². The normalized spacial score (nSPS) is 30.2. The highest BCUT2D eigenvalue weighted by Gasteiger charge is 2.25. The average Bonchev–Trinajstić information content (AvgIpc) is 2.20. The van der Waals surface area contributed by atoms with Crippen LogP contribution in [0.2, 0.25) is 0 Å². The van der Waals surface area contributed by atoms with Crippen molar-refractivity contribution in [2.24, 2.45) is 11.8 Å². The topological polar surface area (TPSA) is 20.2 Å². The fourth-order valence-corrected chi connectivity index (χ4v) is 4.26. The summed E-state index contributed by atoms with van der Waals surface area (Å²) in [7, 11) is 0. The van der Waals surface area contributed by atoms with E-state index in [4.69, 9.17) is 0 Å². The molecule has 0 heterocycles. The molecule has 0 aliphatic heterocycles. The van der Waals surface area contributed by atoms with Gasteiger partial charge in [0, 0.05) is 10.1 Å². The molecule has 0 spiro atoms. The van der Waals surface area contributed by atoms with Crippen molar-refractivity contribution >= 4 is 11.8 Å². The molecule has 0 radical (unpaired) electrons. The SMILES string of the molecule is CC1CC(C)CC(Sc2ccccc2O)C1. The minimum Gasteiger partial charge on any atom is -0.507 e. The molecule has 2 rings (SSSR count). The Morgan fingerprint density at radius 2 is 1.69 bits per heavy atom. The Morgan fingerprint density at radius 3 is 2.31 bits per heavy atom. The van der Waals surface area contributed by atoms with E-state index in [1.54, 1.807) is 6.07 Å². The largest absolute Gasteiger partial charge is 0.507 e. The monoisotopic (exact) mass is 236 g/mol. The van der Waals surface area contributed by atoms with E-state index >= 15 is 0 Å². The third-order valence-corrected chi connectivity index (χ3v) is 4.61. The van der Waals surface area contributed by atoms with Crippen LogP contribution in [0, 0.1) is 11.8 Å². The van der Waals surface area contributed by atoms with Crippen molar-refractivity contribution in [1.29, 1.82) is 0 Å². The summed E-state index contributed by atoms with van der Waals surface area (Å²) in [5, 5.41) is 10.4. The molecule has 1 aromatic rings. The van der Waals surface area contributed by atoms with E-state index < -0.39 is 0 Å². The minimum absolute atomic E-state index is 0.429. The van der Waals surface area contributed by atoms with E-state index in [1.807, 2.05) is 30.0 Å². The molecule has 0 amide bonds. The zero-order chi connectivity index (χ0) is 11.5. The zero-order valence-corrected chi connectivity index (χ0v) is 10.8. The summed E-state index contributed by atoms with van der Waals surface area (Å²) in [6.07, 6.45) is 3.92. The predicted molar refractivity (Wildman–Crippen MR) is 69.9 cm³/mol. The molecule has 1 nitrogen and oxygen atoms in total. The molecule has 88 valence electrons. The second-order valence-electron chi connectivity index (χ2n) is 5.13. The number of hydrogen-bond donors (Lipinski definition) is 1. The zero-order valence-electron chi connectivity index (χ0n) is 10.0. The number of hydrogen-bond acceptors (Lipinski definition) is 2. The van der Waals surface area contributed by atoms with Crippen LogP contribution in [-0.4, -0.2) is 10.4 Å². The van der Waals surface area contributed by atoms with Crippen molar-refractivity contribution in [3.63, 3.8) is 0 Å². The standard InChI is InChI=1S/C14H20OS/c1-10-7-11(2)9-12(8-10)16-14-6-4-3-5-13(14)15/h3-6,10-12,15H,7-9H2,1-2H3. The summed E-state index contributed by atoms with van der Waals surface area (Å²) in [5.41, 5.74) is 0. The first-order chi connectivity index (χ1) is 7.65. The number of aromatic hydroxyl groups is 1. The maximum Gasteiger partial charge on any atom is 0.129 e. The molecule has 1 N–H and O–H groups in total. The van der Waals surface area contributed by atoms with E-state index in [1.165, 1.54) is 19.3 Å². The highest BCUT2D eigenvalue weighted by Crippen LogP contribution is 2.40. The second kappa shape index (κ2) is 5.13. The van der Waals surface area contributed by atoms with Crippen molar-refractivity contribution in [1.82, 2.24) is 0 Å². The quantitative estimate of drug-likeness (QED) is 0.825. The molecule has 0 saturated heterocycles. The Bertz CT molecular complexity index is 340. The molecule has 1 aliphatic carbocycles. The number of para-hydroxylation sites is 1. The first kappa shape index (κ1) is 11.8. The Morgan fingerprint density at radius 1 is 1.06 bits per heavy atom. The van der Waals surface area contributed by atoms with Crippen LogP contribution in [0.1, 0.15) is 33.1 Å². The van der Waals surface area contributed by atoms with Crippen LogP contribution in [0.3, 0.4) is 0 Å². The van der Waals surface area contributed by atoms with Gasteiger partial charge in [-0.05, 0) is 43.2 Å². The van der Waals surface area contributed by atoms with Crippen molar-refractivity contribution in [2.45, 2.75) is 43.3 Å². The molecular formula is C14H20OS. The van der Waals surface area contributed by atoms with Crippen LogP contribution in [-0.2, 0) is 0 Å². The van der Waals surface area contributed by atoms with Gasteiger partial charge in [0.05, 0.1) is 0 Å². The maximum absolute atomic E-state index is 9.75. The average molecular weight is 236 g/mol. The predicted octanol–water partition coefficient (Wildman–Crippen LogP) is 4.31. The van der Waals surface area contributed by atoms with Gasteiger partial charge in [0.1, 0.15) is 5.75 Å². The Kier molecular flexibility index (Phi) is 3.80. The third-order valence-electron chi connectivity index (χ3n) is 3.29. The van der Waals surface area contributed by atoms with Gasteiger partial charge in [-0.1, -0.05) is 26.0 Å². The Hall–Kier alpha value is -0.630. The number of benzene rings is 1. The molecule has 1 aromatic carbocycles. The summed E-state index contributed by atoms with van der Waals surface area (Å²) < 4.78 is 0. The van der Waals surface area contributed by atoms with Crippen LogP contribution in [0.15, 0.2) is 29.2 Å². The van der Waals surface area contributed by atoms with Gasteiger partial charge in [-0.15, -0.1) is 11.8 Å². The Labute approximate surface area is 102 Å². The molecule has 1 fully saturated rings. The van der Waals surface area contributed by atoms with Gasteiger partial charge in [0.25, 0.3) is 0 Å². The number of phenolic OH excluding ortho intramolecular Hbond substituents is 1. The number of thioether (sulfide) groups is 1. The Balaban J connectivity index is 2.02. The summed E-state index contributed by atoms with van der Waals surface area (Å²) in [6.45, 7) is 4.68. The van der Waals surface area contributed by atoms with Crippen molar-refractivity contribution in [3.05, 3.63) is 24.3 Å². The van der Waals surface area contributed by atoms with Gasteiger partial charge in [-0.2, -0.15) is 0 Å². The van der Waals surface area contributed by atoms with Crippen molar-refractivity contribution in [3.8, 4) is 5.75 Å². The fraction of sp³-hybridized carbons (Fsp3) is 0.571. The third kappa shape index (κ3) is 2.94. The lowest BCUT2D eigenvalue weighted by molar-refractivity contribution is 0.308. The lowest BCUT2D eigenvalue weighted by Gasteiger charge is -2.31. The highest BCUT2D eigenvalue weighted by atomic mass is 32.2. The lowest BCUT2D eigenvalue weighted by Crippen LogP contribution is -2.21. The van der Waals surface area contributed by atoms with Gasteiger partial charge in [0.15, 0.2) is 0 Å². The molecule has 2 heteroatoms. The molecule has 16 heavy (non-hydrogen) atoms. The van der Waals surface area contributed by atoms with Gasteiger partial charge < -0.3 is 5.11 Å². The van der Waals surface area contributed by atoms with Gasteiger partial charge in [-0.25, -0.2) is 0 Å². The number of rotatable bonds is 2. The summed E-state index contributed by atoms with van der Waals surface area (Å²) in [6, 6.07) is 7.67. The molecule has 1 aliphatic rings. The van der Waals surface area contributed by atoms with E-state index in [0.717, 1.165) is 16.7 Å². The van der Waals surface area contributed by atoms with Crippen molar-refractivity contribution in [2.75, 3.05) is 0 Å². The van der Waals surface area contributed by atoms with Crippen molar-refractivity contribution < 1.29 is 5.11 Å². The molecule has 2 unspecified atom stereocenters. The van der Waals surface area contributed by atoms with Gasteiger partial charge in [0.2, 0.25) is 0 Å².